The Labute approximate surface area is 102 Å². The fourth-order valence-corrected chi connectivity index (χ4v) is 2.43. The number of nitrogens with one attached hydrogen (secondary N) is 1. The summed E-state index contributed by atoms with van der Waals surface area (Å²) in [6.07, 6.45) is 0. The number of hydrogen-bond acceptors (Lipinski definition) is 7. The van der Waals surface area contributed by atoms with E-state index in [4.69, 9.17) is 0 Å². The Morgan fingerprint density at radius 1 is 1.31 bits per heavy atom. The van der Waals surface area contributed by atoms with Gasteiger partial charge in [0.1, 0.15) is 10.7 Å². The van der Waals surface area contributed by atoms with Crippen molar-refractivity contribution in [1.82, 2.24) is 25.1 Å². The summed E-state index contributed by atoms with van der Waals surface area (Å²) in [7, 11) is 0. The van der Waals surface area contributed by atoms with E-state index in [9.17, 15) is 0 Å². The van der Waals surface area contributed by atoms with E-state index in [1.54, 1.807) is 11.3 Å². The van der Waals surface area contributed by atoms with Gasteiger partial charge in [0.05, 0.1) is 0 Å². The van der Waals surface area contributed by atoms with Crippen molar-refractivity contribution in [3.05, 3.63) is 10.4 Å². The summed E-state index contributed by atoms with van der Waals surface area (Å²) in [6, 6.07) is 0. The first kappa shape index (κ1) is 11.6. The molecule has 0 aliphatic rings. The van der Waals surface area contributed by atoms with Crippen LogP contribution in [-0.4, -0.2) is 26.3 Å². The molecule has 86 valence electrons. The van der Waals surface area contributed by atoms with Crippen molar-refractivity contribution in [2.75, 3.05) is 6.54 Å². The Hall–Kier alpha value is -0.920. The van der Waals surface area contributed by atoms with Gasteiger partial charge in [0, 0.05) is 11.9 Å². The van der Waals surface area contributed by atoms with E-state index >= 15 is 0 Å². The Morgan fingerprint density at radius 2 is 2.19 bits per heavy atom. The molecular weight excluding hydrogens is 242 g/mol. The molecule has 0 saturated carbocycles. The molecule has 0 radical (unpaired) electrons. The lowest BCUT2D eigenvalue weighted by atomic mass is 10.2. The maximum absolute atomic E-state index is 4.11. The van der Waals surface area contributed by atoms with Gasteiger partial charge in [0.2, 0.25) is 0 Å². The van der Waals surface area contributed by atoms with Crippen molar-refractivity contribution in [3.63, 3.8) is 0 Å². The minimum Gasteiger partial charge on any atom is -0.310 e. The number of nitrogens with zero attached hydrogens (tertiary/aromatic N) is 4. The maximum atomic E-state index is 4.11. The normalized spacial score (nSPS) is 11.2. The van der Waals surface area contributed by atoms with Crippen molar-refractivity contribution in [1.29, 1.82) is 0 Å². The van der Waals surface area contributed by atoms with E-state index in [0.29, 0.717) is 5.92 Å². The first-order valence-electron chi connectivity index (χ1n) is 5.06. The second-order valence-corrected chi connectivity index (χ2v) is 5.49. The van der Waals surface area contributed by atoms with Gasteiger partial charge in [-0.2, -0.15) is 0 Å². The number of aromatic nitrogens is 4. The highest BCUT2D eigenvalue weighted by atomic mass is 32.1. The molecule has 2 rings (SSSR count). The van der Waals surface area contributed by atoms with Crippen LogP contribution in [0.2, 0.25) is 0 Å². The molecule has 0 aromatic carbocycles. The monoisotopic (exact) mass is 255 g/mol. The molecule has 0 atom stereocenters. The summed E-state index contributed by atoms with van der Waals surface area (Å²) < 4.78 is 3.81. The number of rotatable bonds is 5. The van der Waals surface area contributed by atoms with Crippen molar-refractivity contribution in [2.24, 2.45) is 5.92 Å². The SMILES string of the molecule is CC(C)CNCc1nnc(-c2csnn2)s1. The third-order valence-electron chi connectivity index (χ3n) is 1.87. The summed E-state index contributed by atoms with van der Waals surface area (Å²) in [5, 5.41) is 19.2. The molecule has 16 heavy (non-hydrogen) atoms. The zero-order valence-electron chi connectivity index (χ0n) is 9.17. The highest BCUT2D eigenvalue weighted by Crippen LogP contribution is 2.21. The van der Waals surface area contributed by atoms with Crippen molar-refractivity contribution >= 4 is 22.9 Å². The highest BCUT2D eigenvalue weighted by molar-refractivity contribution is 7.14. The van der Waals surface area contributed by atoms with Gasteiger partial charge in [0.25, 0.3) is 0 Å². The van der Waals surface area contributed by atoms with Gasteiger partial charge in [-0.05, 0) is 24.0 Å². The summed E-state index contributed by atoms with van der Waals surface area (Å²) >= 11 is 2.89. The lowest BCUT2D eigenvalue weighted by Crippen LogP contribution is -2.18. The topological polar surface area (TPSA) is 63.6 Å². The average molecular weight is 255 g/mol. The minimum atomic E-state index is 0.648. The molecule has 2 aromatic heterocycles. The smallest absolute Gasteiger partial charge is 0.169 e. The predicted molar refractivity (Wildman–Crippen MR) is 65.4 cm³/mol. The highest BCUT2D eigenvalue weighted by Gasteiger charge is 2.08. The Kier molecular flexibility index (Phi) is 3.92. The molecule has 0 aliphatic heterocycles. The van der Waals surface area contributed by atoms with Crippen LogP contribution in [0, 0.1) is 5.92 Å². The molecule has 0 saturated heterocycles. The third kappa shape index (κ3) is 3.03. The van der Waals surface area contributed by atoms with E-state index < -0.39 is 0 Å². The van der Waals surface area contributed by atoms with Crippen LogP contribution in [-0.2, 0) is 6.54 Å². The second-order valence-electron chi connectivity index (χ2n) is 3.82. The van der Waals surface area contributed by atoms with E-state index in [1.165, 1.54) is 11.5 Å². The average Bonchev–Trinajstić information content (AvgIpc) is 2.85. The quantitative estimate of drug-likeness (QED) is 0.882. The van der Waals surface area contributed by atoms with E-state index in [0.717, 1.165) is 28.8 Å². The number of hydrogen-bond donors (Lipinski definition) is 1. The molecule has 5 nitrogen and oxygen atoms in total. The van der Waals surface area contributed by atoms with Crippen LogP contribution in [0.3, 0.4) is 0 Å². The van der Waals surface area contributed by atoms with Gasteiger partial charge in [-0.25, -0.2) is 0 Å². The lowest BCUT2D eigenvalue weighted by Gasteiger charge is -2.03. The van der Waals surface area contributed by atoms with Crippen LogP contribution in [0.4, 0.5) is 0 Å². The standard InChI is InChI=1S/C9H13N5S2/c1-6(2)3-10-4-8-12-13-9(16-8)7-5-15-14-11-7/h5-6,10H,3-4H2,1-2H3. The molecule has 1 N–H and O–H groups in total. The molecule has 0 amide bonds. The van der Waals surface area contributed by atoms with Gasteiger partial charge < -0.3 is 5.32 Å². The molecule has 0 spiro atoms. The minimum absolute atomic E-state index is 0.648. The Morgan fingerprint density at radius 3 is 2.88 bits per heavy atom. The van der Waals surface area contributed by atoms with Crippen LogP contribution >= 0.6 is 22.9 Å². The van der Waals surface area contributed by atoms with Crippen LogP contribution in [0.25, 0.3) is 10.7 Å². The van der Waals surface area contributed by atoms with Gasteiger partial charge in [-0.1, -0.05) is 29.7 Å². The van der Waals surface area contributed by atoms with E-state index in [1.807, 2.05) is 5.38 Å². The van der Waals surface area contributed by atoms with E-state index in [2.05, 4.69) is 38.9 Å². The van der Waals surface area contributed by atoms with Crippen molar-refractivity contribution in [3.8, 4) is 10.7 Å². The first-order valence-corrected chi connectivity index (χ1v) is 6.71. The van der Waals surface area contributed by atoms with E-state index in [-0.39, 0.29) is 0 Å². The molecule has 0 unspecified atom stereocenters. The molecule has 7 heteroatoms. The zero-order chi connectivity index (χ0) is 11.4. The lowest BCUT2D eigenvalue weighted by molar-refractivity contribution is 0.550. The largest absolute Gasteiger partial charge is 0.310 e. The van der Waals surface area contributed by atoms with Crippen molar-refractivity contribution < 1.29 is 0 Å². The fourth-order valence-electron chi connectivity index (χ4n) is 1.15. The summed E-state index contributed by atoms with van der Waals surface area (Å²) in [6.45, 7) is 6.12. The molecule has 0 fully saturated rings. The second kappa shape index (κ2) is 5.42. The third-order valence-corrected chi connectivity index (χ3v) is 3.33. The molecule has 2 heterocycles. The summed E-state index contributed by atoms with van der Waals surface area (Å²) in [4.78, 5) is 0. The maximum Gasteiger partial charge on any atom is 0.169 e. The van der Waals surface area contributed by atoms with Gasteiger partial charge in [-0.15, -0.1) is 15.3 Å². The first-order chi connectivity index (χ1) is 7.75. The Bertz CT molecular complexity index is 423. The van der Waals surface area contributed by atoms with Crippen LogP contribution in [0.5, 0.6) is 0 Å². The van der Waals surface area contributed by atoms with Crippen LogP contribution in [0.1, 0.15) is 18.9 Å². The molecular formula is C9H13N5S2. The van der Waals surface area contributed by atoms with Crippen LogP contribution < -0.4 is 5.32 Å². The summed E-state index contributed by atoms with van der Waals surface area (Å²) in [5.41, 5.74) is 0.817. The molecule has 0 bridgehead atoms. The fraction of sp³-hybridized carbons (Fsp3) is 0.556. The Balaban J connectivity index is 1.93. The predicted octanol–water partition coefficient (Wildman–Crippen LogP) is 1.80. The van der Waals surface area contributed by atoms with Gasteiger partial charge in [-0.3, -0.25) is 0 Å². The molecule has 2 aromatic rings. The molecule has 0 aliphatic carbocycles. The summed E-state index contributed by atoms with van der Waals surface area (Å²) in [5.74, 6) is 0.648. The van der Waals surface area contributed by atoms with Crippen molar-refractivity contribution in [2.45, 2.75) is 20.4 Å². The van der Waals surface area contributed by atoms with Crippen LogP contribution in [0.15, 0.2) is 5.38 Å². The zero-order valence-corrected chi connectivity index (χ0v) is 10.8. The van der Waals surface area contributed by atoms with Gasteiger partial charge >= 0.3 is 0 Å². The van der Waals surface area contributed by atoms with Gasteiger partial charge in [0.15, 0.2) is 5.01 Å².